The van der Waals surface area contributed by atoms with E-state index >= 15 is 0 Å². The van der Waals surface area contributed by atoms with E-state index in [1.807, 2.05) is 30.3 Å². The number of ketones is 1. The first-order valence-electron chi connectivity index (χ1n) is 9.66. The molecule has 0 N–H and O–H groups in total. The summed E-state index contributed by atoms with van der Waals surface area (Å²) in [7, 11) is 2.12. The molecule has 0 aromatic heterocycles. The minimum Gasteiger partial charge on any atom is -0.366 e. The molecule has 0 amide bonds. The molecule has 1 unspecified atom stereocenters. The summed E-state index contributed by atoms with van der Waals surface area (Å²) in [5.41, 5.74) is 5.67. The van der Waals surface area contributed by atoms with Crippen molar-refractivity contribution >= 4 is 22.2 Å². The van der Waals surface area contributed by atoms with Crippen LogP contribution in [0.4, 0.5) is 5.69 Å². The molecule has 4 aromatic rings. The molecule has 1 atom stereocenters. The van der Waals surface area contributed by atoms with Gasteiger partial charge in [-0.25, -0.2) is 0 Å². The van der Waals surface area contributed by atoms with Crippen molar-refractivity contribution in [1.29, 1.82) is 0 Å². The lowest BCUT2D eigenvalue weighted by molar-refractivity contribution is 0.0973. The predicted molar refractivity (Wildman–Crippen MR) is 116 cm³/mol. The Kier molecular flexibility index (Phi) is 3.98. The highest BCUT2D eigenvalue weighted by molar-refractivity contribution is 6.05. The SMILES string of the molecule is CN1c2c(ccc3ccccc23)-c2ccccc2C1CC(=O)c1ccccc1. The fraction of sp³-hybridized carbons (Fsp3) is 0.115. The molecule has 1 aliphatic rings. The molecule has 28 heavy (non-hydrogen) atoms. The highest BCUT2D eigenvalue weighted by Crippen LogP contribution is 2.48. The van der Waals surface area contributed by atoms with E-state index < -0.39 is 0 Å². The maximum Gasteiger partial charge on any atom is 0.165 e. The Hall–Kier alpha value is -3.39. The molecule has 0 saturated heterocycles. The summed E-state index contributed by atoms with van der Waals surface area (Å²) in [5.74, 6) is 0.177. The van der Waals surface area contributed by atoms with Gasteiger partial charge in [-0.3, -0.25) is 4.79 Å². The summed E-state index contributed by atoms with van der Waals surface area (Å²) in [6, 6.07) is 31.0. The lowest BCUT2D eigenvalue weighted by Crippen LogP contribution is -2.30. The Labute approximate surface area is 165 Å². The number of nitrogens with zero attached hydrogens (tertiary/aromatic N) is 1. The Morgan fingerprint density at radius 2 is 1.50 bits per heavy atom. The third-order valence-electron chi connectivity index (χ3n) is 5.81. The Balaban J connectivity index is 1.66. The average molecular weight is 363 g/mol. The quantitative estimate of drug-likeness (QED) is 0.400. The van der Waals surface area contributed by atoms with Gasteiger partial charge in [0, 0.05) is 30.0 Å². The molecule has 0 aliphatic carbocycles. The Bertz CT molecular complexity index is 1180. The van der Waals surface area contributed by atoms with Crippen molar-refractivity contribution in [3.63, 3.8) is 0 Å². The molecule has 136 valence electrons. The van der Waals surface area contributed by atoms with Crippen LogP contribution in [0.1, 0.15) is 28.4 Å². The lowest BCUT2D eigenvalue weighted by atomic mass is 9.84. The van der Waals surface area contributed by atoms with Gasteiger partial charge in [0.15, 0.2) is 5.78 Å². The number of Topliss-reactive ketones (excluding diaryl/α,β-unsaturated/α-hetero) is 1. The standard InChI is InChI=1S/C26H21NO/c1-27-24(17-25(28)19-10-3-2-4-11-19)22-14-8-7-13-21(22)23-16-15-18-9-5-6-12-20(18)26(23)27/h2-16,24H,17H2,1H3. The van der Waals surface area contributed by atoms with Crippen LogP contribution in [0.5, 0.6) is 0 Å². The molecular weight excluding hydrogens is 342 g/mol. The second kappa shape index (κ2) is 6.65. The summed E-state index contributed by atoms with van der Waals surface area (Å²) < 4.78 is 0. The van der Waals surface area contributed by atoms with Gasteiger partial charge in [0.05, 0.1) is 11.7 Å². The van der Waals surface area contributed by atoms with Gasteiger partial charge in [0.1, 0.15) is 0 Å². The van der Waals surface area contributed by atoms with E-state index in [1.54, 1.807) is 0 Å². The van der Waals surface area contributed by atoms with Gasteiger partial charge in [-0.05, 0) is 16.5 Å². The number of hydrogen-bond acceptors (Lipinski definition) is 2. The number of rotatable bonds is 3. The third kappa shape index (κ3) is 2.61. The van der Waals surface area contributed by atoms with Crippen LogP contribution in [0.3, 0.4) is 0 Å². The molecule has 1 heterocycles. The van der Waals surface area contributed by atoms with E-state index in [2.05, 4.69) is 72.6 Å². The highest BCUT2D eigenvalue weighted by Gasteiger charge is 2.31. The largest absolute Gasteiger partial charge is 0.366 e. The van der Waals surface area contributed by atoms with Gasteiger partial charge in [-0.1, -0.05) is 91.0 Å². The monoisotopic (exact) mass is 363 g/mol. The molecule has 0 fully saturated rings. The van der Waals surface area contributed by atoms with Gasteiger partial charge < -0.3 is 4.90 Å². The van der Waals surface area contributed by atoms with E-state index in [9.17, 15) is 4.79 Å². The summed E-state index contributed by atoms with van der Waals surface area (Å²) in [6.45, 7) is 0. The van der Waals surface area contributed by atoms with Gasteiger partial charge in [-0.15, -0.1) is 0 Å². The number of fused-ring (bicyclic) bond motifs is 5. The summed E-state index contributed by atoms with van der Waals surface area (Å²) in [5, 5.41) is 2.45. The van der Waals surface area contributed by atoms with E-state index in [0.29, 0.717) is 6.42 Å². The number of carbonyl (C=O) groups excluding carboxylic acids is 1. The van der Waals surface area contributed by atoms with Crippen LogP contribution in [0.25, 0.3) is 21.9 Å². The van der Waals surface area contributed by atoms with Gasteiger partial charge in [-0.2, -0.15) is 0 Å². The second-order valence-electron chi connectivity index (χ2n) is 7.39. The number of carbonyl (C=O) groups is 1. The van der Waals surface area contributed by atoms with Crippen molar-refractivity contribution in [1.82, 2.24) is 0 Å². The molecule has 4 aromatic carbocycles. The predicted octanol–water partition coefficient (Wildman–Crippen LogP) is 6.27. The maximum absolute atomic E-state index is 13.0. The third-order valence-corrected chi connectivity index (χ3v) is 5.81. The topological polar surface area (TPSA) is 20.3 Å². The molecule has 1 aliphatic heterocycles. The van der Waals surface area contributed by atoms with Crippen molar-refractivity contribution in [2.24, 2.45) is 0 Å². The first kappa shape index (κ1) is 16.8. The van der Waals surface area contributed by atoms with E-state index in [0.717, 1.165) is 5.56 Å². The zero-order valence-electron chi connectivity index (χ0n) is 15.8. The molecular formula is C26H21NO. The van der Waals surface area contributed by atoms with E-state index in [4.69, 9.17) is 0 Å². The van der Waals surface area contributed by atoms with Crippen molar-refractivity contribution in [3.8, 4) is 11.1 Å². The zero-order chi connectivity index (χ0) is 19.1. The zero-order valence-corrected chi connectivity index (χ0v) is 15.8. The van der Waals surface area contributed by atoms with Crippen molar-refractivity contribution in [2.45, 2.75) is 12.5 Å². The van der Waals surface area contributed by atoms with Crippen LogP contribution in [0.15, 0.2) is 91.0 Å². The molecule has 5 rings (SSSR count). The molecule has 0 saturated carbocycles. The van der Waals surface area contributed by atoms with E-state index in [-0.39, 0.29) is 11.8 Å². The highest BCUT2D eigenvalue weighted by atomic mass is 16.1. The molecule has 2 nitrogen and oxygen atoms in total. The van der Waals surface area contributed by atoms with Crippen LogP contribution in [0.2, 0.25) is 0 Å². The molecule has 0 bridgehead atoms. The van der Waals surface area contributed by atoms with Crippen LogP contribution < -0.4 is 4.90 Å². The van der Waals surface area contributed by atoms with Crippen LogP contribution in [-0.4, -0.2) is 12.8 Å². The first-order valence-corrected chi connectivity index (χ1v) is 9.66. The minimum atomic E-state index is 0.0159. The summed E-state index contributed by atoms with van der Waals surface area (Å²) in [6.07, 6.45) is 0.459. The minimum absolute atomic E-state index is 0.0159. The van der Waals surface area contributed by atoms with E-state index in [1.165, 1.54) is 33.2 Å². The van der Waals surface area contributed by atoms with Crippen LogP contribution in [-0.2, 0) is 0 Å². The van der Waals surface area contributed by atoms with Crippen molar-refractivity contribution in [2.75, 3.05) is 11.9 Å². The fourth-order valence-electron chi connectivity index (χ4n) is 4.41. The maximum atomic E-state index is 13.0. The first-order chi connectivity index (χ1) is 13.7. The Morgan fingerprint density at radius 3 is 2.36 bits per heavy atom. The normalized spacial score (nSPS) is 15.2. The molecule has 2 heteroatoms. The van der Waals surface area contributed by atoms with Crippen molar-refractivity contribution < 1.29 is 4.79 Å². The van der Waals surface area contributed by atoms with Gasteiger partial charge >= 0.3 is 0 Å². The average Bonchev–Trinajstić information content (AvgIpc) is 2.76. The Morgan fingerprint density at radius 1 is 0.786 bits per heavy atom. The number of benzene rings is 4. The van der Waals surface area contributed by atoms with Crippen molar-refractivity contribution in [3.05, 3.63) is 102 Å². The van der Waals surface area contributed by atoms with Crippen LogP contribution in [0, 0.1) is 0 Å². The lowest BCUT2D eigenvalue weighted by Gasteiger charge is -2.38. The summed E-state index contributed by atoms with van der Waals surface area (Å²) in [4.78, 5) is 15.3. The van der Waals surface area contributed by atoms with Crippen LogP contribution >= 0.6 is 0 Å². The van der Waals surface area contributed by atoms with Gasteiger partial charge in [0.2, 0.25) is 0 Å². The second-order valence-corrected chi connectivity index (χ2v) is 7.39. The molecule has 0 radical (unpaired) electrons. The van der Waals surface area contributed by atoms with Gasteiger partial charge in [0.25, 0.3) is 0 Å². The fourth-order valence-corrected chi connectivity index (χ4v) is 4.41. The smallest absolute Gasteiger partial charge is 0.165 e. The molecule has 0 spiro atoms. The summed E-state index contributed by atoms with van der Waals surface area (Å²) >= 11 is 0. The number of hydrogen-bond donors (Lipinski definition) is 0. The number of anilines is 1.